The second-order valence-corrected chi connectivity index (χ2v) is 6.19. The zero-order valence-electron chi connectivity index (χ0n) is 14.2. The van der Waals surface area contributed by atoms with Crippen molar-refractivity contribution in [2.24, 2.45) is 0 Å². The third-order valence-corrected chi connectivity index (χ3v) is 4.14. The lowest BCUT2D eigenvalue weighted by atomic mass is 10.0. The molecule has 3 aromatic rings. The van der Waals surface area contributed by atoms with Gasteiger partial charge in [-0.2, -0.15) is 0 Å². The molecule has 25 heavy (non-hydrogen) atoms. The monoisotopic (exact) mass is 338 g/mol. The van der Waals surface area contributed by atoms with Crippen molar-refractivity contribution in [2.45, 2.75) is 20.3 Å². The van der Waals surface area contributed by atoms with Gasteiger partial charge in [-0.05, 0) is 61.5 Å². The number of rotatable bonds is 4. The van der Waals surface area contributed by atoms with Gasteiger partial charge in [0.25, 0.3) is 11.5 Å². The summed E-state index contributed by atoms with van der Waals surface area (Å²) < 4.78 is 13.2. The fourth-order valence-electron chi connectivity index (χ4n) is 2.96. The van der Waals surface area contributed by atoms with Crippen molar-refractivity contribution in [1.29, 1.82) is 0 Å². The Labute approximate surface area is 144 Å². The van der Waals surface area contributed by atoms with Crippen molar-refractivity contribution in [3.8, 4) is 0 Å². The highest BCUT2D eigenvalue weighted by atomic mass is 19.1. The van der Waals surface area contributed by atoms with E-state index in [0.29, 0.717) is 18.5 Å². The predicted molar refractivity (Wildman–Crippen MR) is 96.5 cm³/mol. The Morgan fingerprint density at radius 3 is 2.72 bits per heavy atom. The molecule has 1 amide bonds. The number of nitrogens with one attached hydrogen (secondary N) is 2. The van der Waals surface area contributed by atoms with Crippen molar-refractivity contribution < 1.29 is 9.18 Å². The molecule has 0 fully saturated rings. The Morgan fingerprint density at radius 2 is 1.96 bits per heavy atom. The van der Waals surface area contributed by atoms with Crippen molar-refractivity contribution in [3.05, 3.63) is 80.9 Å². The molecule has 0 aliphatic carbocycles. The number of carbonyl (C=O) groups is 1. The molecule has 0 unspecified atom stereocenters. The van der Waals surface area contributed by atoms with Gasteiger partial charge in [0, 0.05) is 17.7 Å². The molecule has 5 heteroatoms. The van der Waals surface area contributed by atoms with E-state index in [2.05, 4.69) is 10.3 Å². The Bertz CT molecular complexity index is 1010. The van der Waals surface area contributed by atoms with E-state index in [4.69, 9.17) is 0 Å². The first-order valence-electron chi connectivity index (χ1n) is 8.11. The number of hydrogen-bond acceptors (Lipinski definition) is 2. The largest absolute Gasteiger partial charge is 0.352 e. The van der Waals surface area contributed by atoms with E-state index in [1.807, 2.05) is 32.0 Å². The molecule has 1 heterocycles. The van der Waals surface area contributed by atoms with E-state index in [-0.39, 0.29) is 17.0 Å². The molecule has 2 aromatic carbocycles. The number of aryl methyl sites for hydroxylation is 2. The second-order valence-electron chi connectivity index (χ2n) is 6.19. The highest BCUT2D eigenvalue weighted by molar-refractivity contribution is 5.94. The number of fused-ring (bicyclic) bond motifs is 1. The standard InChI is InChI=1S/C20H19FN2O2/c1-12-8-13(2)18-16(9-12)10-15(20(25)23-18)6-7-22-19(24)14-4-3-5-17(21)11-14/h3-5,8-11H,6-7H2,1-2H3,(H,22,24)(H,23,25). The number of pyridine rings is 1. The highest BCUT2D eigenvalue weighted by Gasteiger charge is 2.08. The highest BCUT2D eigenvalue weighted by Crippen LogP contribution is 2.18. The third kappa shape index (κ3) is 3.76. The number of aromatic amines is 1. The van der Waals surface area contributed by atoms with Crippen LogP contribution in [-0.2, 0) is 6.42 Å². The van der Waals surface area contributed by atoms with Gasteiger partial charge in [-0.25, -0.2) is 4.39 Å². The second kappa shape index (κ2) is 6.89. The number of H-pyrrole nitrogens is 1. The summed E-state index contributed by atoms with van der Waals surface area (Å²) in [4.78, 5) is 27.2. The molecule has 0 spiro atoms. The van der Waals surface area contributed by atoms with Crippen LogP contribution < -0.4 is 10.9 Å². The topological polar surface area (TPSA) is 62.0 Å². The lowest BCUT2D eigenvalue weighted by Crippen LogP contribution is -2.27. The van der Waals surface area contributed by atoms with E-state index < -0.39 is 5.82 Å². The van der Waals surface area contributed by atoms with E-state index in [1.54, 1.807) is 6.07 Å². The number of amides is 1. The smallest absolute Gasteiger partial charge is 0.251 e. The molecule has 3 rings (SSSR count). The molecular weight excluding hydrogens is 319 g/mol. The average molecular weight is 338 g/mol. The molecular formula is C20H19FN2O2. The predicted octanol–water partition coefficient (Wildman–Crippen LogP) is 3.26. The Balaban J connectivity index is 1.74. The summed E-state index contributed by atoms with van der Waals surface area (Å²) in [6.45, 7) is 4.27. The van der Waals surface area contributed by atoms with E-state index in [9.17, 15) is 14.0 Å². The molecule has 0 saturated heterocycles. The van der Waals surface area contributed by atoms with E-state index >= 15 is 0 Å². The van der Waals surface area contributed by atoms with Gasteiger partial charge in [-0.15, -0.1) is 0 Å². The molecule has 2 N–H and O–H groups in total. The first-order chi connectivity index (χ1) is 11.9. The lowest BCUT2D eigenvalue weighted by molar-refractivity contribution is 0.0953. The molecule has 4 nitrogen and oxygen atoms in total. The molecule has 1 aromatic heterocycles. The molecule has 128 valence electrons. The minimum absolute atomic E-state index is 0.153. The quantitative estimate of drug-likeness (QED) is 0.767. The molecule has 0 bridgehead atoms. The van der Waals surface area contributed by atoms with Gasteiger partial charge in [-0.3, -0.25) is 9.59 Å². The minimum Gasteiger partial charge on any atom is -0.352 e. The third-order valence-electron chi connectivity index (χ3n) is 4.14. The van der Waals surface area contributed by atoms with Crippen LogP contribution in [0.25, 0.3) is 10.9 Å². The maximum Gasteiger partial charge on any atom is 0.251 e. The van der Waals surface area contributed by atoms with Crippen molar-refractivity contribution in [2.75, 3.05) is 6.54 Å². The number of aromatic nitrogens is 1. The average Bonchev–Trinajstić information content (AvgIpc) is 2.56. The van der Waals surface area contributed by atoms with Crippen LogP contribution in [-0.4, -0.2) is 17.4 Å². The van der Waals surface area contributed by atoms with Gasteiger partial charge in [0.2, 0.25) is 0 Å². The Hall–Kier alpha value is -2.95. The van der Waals surface area contributed by atoms with Crippen LogP contribution >= 0.6 is 0 Å². The van der Waals surface area contributed by atoms with E-state index in [1.165, 1.54) is 18.2 Å². The number of halogens is 1. The molecule has 0 atom stereocenters. The fraction of sp³-hybridized carbons (Fsp3) is 0.200. The molecule has 0 radical (unpaired) electrons. The van der Waals surface area contributed by atoms with Gasteiger partial charge in [0.15, 0.2) is 0 Å². The summed E-state index contributed by atoms with van der Waals surface area (Å²) in [5.41, 5.74) is 3.71. The zero-order chi connectivity index (χ0) is 18.0. The maximum atomic E-state index is 13.2. The van der Waals surface area contributed by atoms with Crippen LogP contribution in [0.15, 0.2) is 47.3 Å². The van der Waals surface area contributed by atoms with Crippen molar-refractivity contribution in [1.82, 2.24) is 10.3 Å². The fourth-order valence-corrected chi connectivity index (χ4v) is 2.96. The summed E-state index contributed by atoms with van der Waals surface area (Å²) in [5.74, 6) is -0.812. The Morgan fingerprint density at radius 1 is 1.16 bits per heavy atom. The number of benzene rings is 2. The Kier molecular flexibility index (Phi) is 4.65. The first-order valence-corrected chi connectivity index (χ1v) is 8.11. The van der Waals surface area contributed by atoms with Gasteiger partial charge >= 0.3 is 0 Å². The SMILES string of the molecule is Cc1cc(C)c2[nH]c(=O)c(CCNC(=O)c3cccc(F)c3)cc2c1. The van der Waals surface area contributed by atoms with Crippen LogP contribution in [0.5, 0.6) is 0 Å². The molecule has 0 saturated carbocycles. The minimum atomic E-state index is -0.454. The van der Waals surface area contributed by atoms with Crippen LogP contribution in [0.1, 0.15) is 27.0 Å². The van der Waals surface area contributed by atoms with Crippen LogP contribution in [0.3, 0.4) is 0 Å². The lowest BCUT2D eigenvalue weighted by Gasteiger charge is -2.08. The normalized spacial score (nSPS) is 10.8. The zero-order valence-corrected chi connectivity index (χ0v) is 14.2. The van der Waals surface area contributed by atoms with Gasteiger partial charge in [0.05, 0.1) is 5.52 Å². The molecule has 0 aliphatic heterocycles. The molecule has 0 aliphatic rings. The summed E-state index contributed by atoms with van der Waals surface area (Å²) in [6.07, 6.45) is 0.402. The van der Waals surface area contributed by atoms with Crippen LogP contribution in [0.2, 0.25) is 0 Å². The van der Waals surface area contributed by atoms with Crippen LogP contribution in [0, 0.1) is 19.7 Å². The van der Waals surface area contributed by atoms with Crippen molar-refractivity contribution in [3.63, 3.8) is 0 Å². The van der Waals surface area contributed by atoms with Crippen molar-refractivity contribution >= 4 is 16.8 Å². The maximum absolute atomic E-state index is 13.2. The van der Waals surface area contributed by atoms with Crippen LogP contribution in [0.4, 0.5) is 4.39 Å². The van der Waals surface area contributed by atoms with E-state index in [0.717, 1.165) is 22.0 Å². The summed E-state index contributed by atoms with van der Waals surface area (Å²) >= 11 is 0. The number of carbonyl (C=O) groups excluding carboxylic acids is 1. The summed E-state index contributed by atoms with van der Waals surface area (Å²) in [6, 6.07) is 11.4. The van der Waals surface area contributed by atoms with Gasteiger partial charge in [0.1, 0.15) is 5.82 Å². The summed E-state index contributed by atoms with van der Waals surface area (Å²) in [5, 5.41) is 3.69. The first kappa shape index (κ1) is 16.9. The summed E-state index contributed by atoms with van der Waals surface area (Å²) in [7, 11) is 0. The van der Waals surface area contributed by atoms with Gasteiger partial charge in [-0.1, -0.05) is 17.7 Å². The van der Waals surface area contributed by atoms with Gasteiger partial charge < -0.3 is 10.3 Å². The number of hydrogen-bond donors (Lipinski definition) is 2.